The van der Waals surface area contributed by atoms with Gasteiger partial charge in [0.05, 0.1) is 26.8 Å². The molecule has 0 aliphatic heterocycles. The monoisotopic (exact) mass is 389 g/mol. The van der Waals surface area contributed by atoms with E-state index in [4.69, 9.17) is 27.9 Å². The Morgan fingerprint density at radius 2 is 1.96 bits per heavy atom. The Kier molecular flexibility index (Phi) is 6.68. The molecule has 6 nitrogen and oxygen atoms in total. The molecular weight excluding hydrogens is 373 g/mol. The van der Waals surface area contributed by atoms with Crippen molar-refractivity contribution in [2.45, 2.75) is 11.3 Å². The van der Waals surface area contributed by atoms with E-state index in [9.17, 15) is 8.42 Å². The van der Waals surface area contributed by atoms with Crippen LogP contribution in [0, 0.1) is 0 Å². The zero-order chi connectivity index (χ0) is 17.6. The van der Waals surface area contributed by atoms with Crippen LogP contribution in [0.2, 0.25) is 10.0 Å². The van der Waals surface area contributed by atoms with Crippen LogP contribution in [0.3, 0.4) is 0 Å². The van der Waals surface area contributed by atoms with Crippen LogP contribution >= 0.6 is 23.2 Å². The Balaban J connectivity index is 2.03. The average molecular weight is 390 g/mol. The van der Waals surface area contributed by atoms with Gasteiger partial charge in [-0.3, -0.25) is 4.72 Å². The largest absolute Gasteiger partial charge is 0.385 e. The minimum atomic E-state index is -3.78. The van der Waals surface area contributed by atoms with E-state index in [0.717, 1.165) is 18.7 Å². The van der Waals surface area contributed by atoms with E-state index in [0.29, 0.717) is 6.61 Å². The molecule has 2 N–H and O–H groups in total. The summed E-state index contributed by atoms with van der Waals surface area (Å²) in [5.41, 5.74) is 0.795. The van der Waals surface area contributed by atoms with E-state index in [2.05, 4.69) is 15.0 Å². The lowest BCUT2D eigenvalue weighted by atomic mass is 10.4. The third kappa shape index (κ3) is 5.24. The Morgan fingerprint density at radius 1 is 1.17 bits per heavy atom. The van der Waals surface area contributed by atoms with Crippen molar-refractivity contribution in [1.29, 1.82) is 0 Å². The lowest BCUT2D eigenvalue weighted by molar-refractivity contribution is 0.198. The van der Waals surface area contributed by atoms with Crippen molar-refractivity contribution < 1.29 is 13.2 Å². The molecule has 130 valence electrons. The first kappa shape index (κ1) is 18.8. The summed E-state index contributed by atoms with van der Waals surface area (Å²) in [7, 11) is -2.13. The molecule has 0 spiro atoms. The van der Waals surface area contributed by atoms with Crippen LogP contribution in [0.15, 0.2) is 41.4 Å². The second-order valence-electron chi connectivity index (χ2n) is 4.89. The van der Waals surface area contributed by atoms with Crippen molar-refractivity contribution in [3.05, 3.63) is 46.6 Å². The van der Waals surface area contributed by atoms with Crippen LogP contribution in [-0.2, 0) is 14.8 Å². The minimum absolute atomic E-state index is 0.0143. The highest BCUT2D eigenvalue weighted by Crippen LogP contribution is 2.25. The lowest BCUT2D eigenvalue weighted by Crippen LogP contribution is -2.14. The Labute approximate surface area is 151 Å². The normalized spacial score (nSPS) is 11.3. The molecule has 0 fully saturated rings. The second-order valence-corrected chi connectivity index (χ2v) is 7.38. The van der Waals surface area contributed by atoms with Gasteiger partial charge < -0.3 is 10.1 Å². The molecule has 0 saturated heterocycles. The van der Waals surface area contributed by atoms with E-state index in [-0.39, 0.29) is 20.8 Å². The minimum Gasteiger partial charge on any atom is -0.385 e. The number of ether oxygens (including phenoxy) is 1. The number of aromatic nitrogens is 1. The second kappa shape index (κ2) is 8.53. The van der Waals surface area contributed by atoms with Crippen LogP contribution < -0.4 is 10.0 Å². The SMILES string of the molecule is COCCCNc1ccc(NS(=O)(=O)c2ccc(Cl)c(Cl)c2)nc1. The van der Waals surface area contributed by atoms with Crippen LogP contribution in [0.4, 0.5) is 11.5 Å². The number of pyridine rings is 1. The zero-order valence-corrected chi connectivity index (χ0v) is 15.2. The fourth-order valence-corrected chi connectivity index (χ4v) is 3.25. The number of nitrogens with one attached hydrogen (secondary N) is 2. The molecule has 1 heterocycles. The van der Waals surface area contributed by atoms with Crippen LogP contribution in [0.5, 0.6) is 0 Å². The van der Waals surface area contributed by atoms with E-state index in [1.165, 1.54) is 18.2 Å². The van der Waals surface area contributed by atoms with Gasteiger partial charge in [-0.05, 0) is 36.8 Å². The summed E-state index contributed by atoms with van der Waals surface area (Å²) in [4.78, 5) is 4.10. The summed E-state index contributed by atoms with van der Waals surface area (Å²) in [5, 5.41) is 3.62. The van der Waals surface area contributed by atoms with Gasteiger partial charge in [-0.15, -0.1) is 0 Å². The molecule has 0 radical (unpaired) electrons. The Morgan fingerprint density at radius 3 is 2.58 bits per heavy atom. The maximum absolute atomic E-state index is 12.3. The maximum atomic E-state index is 12.3. The average Bonchev–Trinajstić information content (AvgIpc) is 2.55. The fourth-order valence-electron chi connectivity index (χ4n) is 1.85. The molecule has 24 heavy (non-hydrogen) atoms. The lowest BCUT2D eigenvalue weighted by Gasteiger charge is -2.09. The standard InChI is InChI=1S/C15H17Cl2N3O3S/c1-23-8-2-7-18-11-3-6-15(19-10-11)20-24(21,22)12-4-5-13(16)14(17)9-12/h3-6,9-10,18H,2,7-8H2,1H3,(H,19,20). The predicted octanol–water partition coefficient (Wildman–Crippen LogP) is 3.64. The Bertz CT molecular complexity index is 783. The van der Waals surface area contributed by atoms with E-state index in [1.807, 2.05) is 0 Å². The van der Waals surface area contributed by atoms with Gasteiger partial charge in [-0.1, -0.05) is 23.2 Å². The van der Waals surface area contributed by atoms with Gasteiger partial charge in [0.15, 0.2) is 0 Å². The van der Waals surface area contributed by atoms with E-state index >= 15 is 0 Å². The van der Waals surface area contributed by atoms with Gasteiger partial charge in [0, 0.05) is 20.3 Å². The van der Waals surface area contributed by atoms with Crippen molar-refractivity contribution in [3.8, 4) is 0 Å². The molecule has 1 aromatic heterocycles. The highest BCUT2D eigenvalue weighted by Gasteiger charge is 2.16. The third-order valence-electron chi connectivity index (χ3n) is 3.06. The fraction of sp³-hybridized carbons (Fsp3) is 0.267. The van der Waals surface area contributed by atoms with Gasteiger partial charge in [-0.2, -0.15) is 0 Å². The summed E-state index contributed by atoms with van der Waals surface area (Å²) in [6.07, 6.45) is 2.42. The first-order chi connectivity index (χ1) is 11.4. The molecule has 9 heteroatoms. The highest BCUT2D eigenvalue weighted by atomic mass is 35.5. The smallest absolute Gasteiger partial charge is 0.263 e. The summed E-state index contributed by atoms with van der Waals surface area (Å²) in [5.74, 6) is 0.212. The number of rotatable bonds is 8. The summed E-state index contributed by atoms with van der Waals surface area (Å²) in [6.45, 7) is 1.41. The molecule has 1 aromatic carbocycles. The van der Waals surface area contributed by atoms with Crippen molar-refractivity contribution in [1.82, 2.24) is 4.98 Å². The molecule has 0 saturated carbocycles. The molecule has 0 atom stereocenters. The van der Waals surface area contributed by atoms with Crippen LogP contribution in [0.25, 0.3) is 0 Å². The third-order valence-corrected chi connectivity index (χ3v) is 5.15. The van der Waals surface area contributed by atoms with Gasteiger partial charge >= 0.3 is 0 Å². The van der Waals surface area contributed by atoms with Crippen LogP contribution in [0.1, 0.15) is 6.42 Å². The molecule has 0 aliphatic rings. The van der Waals surface area contributed by atoms with Crippen molar-refractivity contribution >= 4 is 44.7 Å². The number of methoxy groups -OCH3 is 1. The number of sulfonamides is 1. The summed E-state index contributed by atoms with van der Waals surface area (Å²) in [6, 6.07) is 7.42. The number of halogens is 2. The molecule has 0 amide bonds. The van der Waals surface area contributed by atoms with E-state index in [1.54, 1.807) is 25.4 Å². The molecule has 2 aromatic rings. The van der Waals surface area contributed by atoms with E-state index < -0.39 is 10.0 Å². The molecule has 0 aliphatic carbocycles. The van der Waals surface area contributed by atoms with Gasteiger partial charge in [0.25, 0.3) is 10.0 Å². The molecular formula is C15H17Cl2N3O3S. The maximum Gasteiger partial charge on any atom is 0.263 e. The molecule has 0 bridgehead atoms. The topological polar surface area (TPSA) is 80.3 Å². The molecule has 0 unspecified atom stereocenters. The number of hydrogen-bond donors (Lipinski definition) is 2. The number of hydrogen-bond acceptors (Lipinski definition) is 5. The zero-order valence-electron chi connectivity index (χ0n) is 12.9. The van der Waals surface area contributed by atoms with Gasteiger partial charge in [0.2, 0.25) is 0 Å². The first-order valence-electron chi connectivity index (χ1n) is 7.09. The first-order valence-corrected chi connectivity index (χ1v) is 9.33. The van der Waals surface area contributed by atoms with Crippen molar-refractivity contribution in [2.75, 3.05) is 30.3 Å². The van der Waals surface area contributed by atoms with Gasteiger partial charge in [-0.25, -0.2) is 13.4 Å². The van der Waals surface area contributed by atoms with Crippen molar-refractivity contribution in [3.63, 3.8) is 0 Å². The predicted molar refractivity (Wildman–Crippen MR) is 96.5 cm³/mol. The Hall–Kier alpha value is -1.54. The number of anilines is 2. The van der Waals surface area contributed by atoms with Crippen LogP contribution in [-0.4, -0.2) is 33.7 Å². The number of nitrogens with zero attached hydrogens (tertiary/aromatic N) is 1. The molecule has 2 rings (SSSR count). The highest BCUT2D eigenvalue weighted by molar-refractivity contribution is 7.92. The quantitative estimate of drug-likeness (QED) is 0.673. The summed E-state index contributed by atoms with van der Waals surface area (Å²) < 4.78 is 32.0. The van der Waals surface area contributed by atoms with Crippen molar-refractivity contribution in [2.24, 2.45) is 0 Å². The van der Waals surface area contributed by atoms with Gasteiger partial charge in [0.1, 0.15) is 5.82 Å². The number of benzene rings is 1. The summed E-state index contributed by atoms with van der Waals surface area (Å²) >= 11 is 11.7.